The van der Waals surface area contributed by atoms with E-state index in [1.807, 2.05) is 0 Å². The smallest absolute Gasteiger partial charge is 0.0884 e. The molecule has 0 spiro atoms. The number of unbranched alkanes of at least 4 members (excludes halogenated alkanes) is 5. The molecule has 1 fully saturated rings. The molecule has 2 rings (SSSR count). The molecule has 0 bridgehead atoms. The third-order valence-corrected chi connectivity index (χ3v) is 6.06. The summed E-state index contributed by atoms with van der Waals surface area (Å²) < 4.78 is 1.13. The lowest BCUT2D eigenvalue weighted by atomic mass is 9.80. The van der Waals surface area contributed by atoms with E-state index in [0.29, 0.717) is 0 Å². The summed E-state index contributed by atoms with van der Waals surface area (Å²) in [6, 6.07) is 10.5. The van der Waals surface area contributed by atoms with Crippen LogP contribution in [-0.4, -0.2) is 31.7 Å². The number of nitrogens with zero attached hydrogens (tertiary/aromatic N) is 1. The largest absolute Gasteiger partial charge is 1.00 e. The molecule has 1 aliphatic carbocycles. The number of quaternary nitrogens is 1. The first kappa shape index (κ1) is 23.0. The Morgan fingerprint density at radius 2 is 1.36 bits per heavy atom. The summed E-state index contributed by atoms with van der Waals surface area (Å²) in [4.78, 5) is 0. The third-order valence-electron chi connectivity index (χ3n) is 6.06. The summed E-state index contributed by atoms with van der Waals surface area (Å²) in [7, 11) is 7.05. The van der Waals surface area contributed by atoms with E-state index < -0.39 is 0 Å². The van der Waals surface area contributed by atoms with Gasteiger partial charge in [-0.3, -0.25) is 0 Å². The minimum atomic E-state index is 0. The van der Waals surface area contributed by atoms with Crippen LogP contribution in [-0.2, 0) is 6.42 Å². The van der Waals surface area contributed by atoms with E-state index in [4.69, 9.17) is 0 Å². The highest BCUT2D eigenvalue weighted by Gasteiger charge is 2.30. The average Bonchev–Trinajstić information content (AvgIpc) is 2.58. The van der Waals surface area contributed by atoms with Gasteiger partial charge in [-0.1, -0.05) is 63.3 Å². The zero-order valence-corrected chi connectivity index (χ0v) is 19.2. The minimum absolute atomic E-state index is 0. The van der Waals surface area contributed by atoms with Crippen LogP contribution in [0.2, 0.25) is 0 Å². The maximum atomic E-state index is 2.42. The number of rotatable bonds is 9. The third kappa shape index (κ3) is 7.99. The van der Waals surface area contributed by atoms with E-state index in [9.17, 15) is 0 Å². The molecule has 2 heteroatoms. The van der Waals surface area contributed by atoms with Crippen LogP contribution >= 0.6 is 0 Å². The summed E-state index contributed by atoms with van der Waals surface area (Å²) in [6.45, 7) is 2.29. The van der Waals surface area contributed by atoms with Gasteiger partial charge in [-0.15, -0.1) is 0 Å². The Morgan fingerprint density at radius 3 is 1.92 bits per heavy atom. The van der Waals surface area contributed by atoms with Gasteiger partial charge in [-0.05, 0) is 55.6 Å². The Bertz CT molecular complexity index is 452. The summed E-state index contributed by atoms with van der Waals surface area (Å²) in [5.74, 6) is 0.802. The molecular formula is C23H40IN. The zero-order chi connectivity index (χ0) is 17.4. The van der Waals surface area contributed by atoms with Crippen molar-refractivity contribution < 1.29 is 28.5 Å². The normalized spacial score (nSPS) is 21.0. The molecule has 0 amide bonds. The van der Waals surface area contributed by atoms with Gasteiger partial charge >= 0.3 is 0 Å². The molecule has 0 unspecified atom stereocenters. The molecule has 144 valence electrons. The molecule has 1 aromatic carbocycles. The fraction of sp³-hybridized carbons (Fsp3) is 0.739. The first-order valence-corrected chi connectivity index (χ1v) is 10.4. The highest BCUT2D eigenvalue weighted by Crippen LogP contribution is 2.35. The Morgan fingerprint density at radius 1 is 0.800 bits per heavy atom. The van der Waals surface area contributed by atoms with Gasteiger partial charge in [-0.25, -0.2) is 0 Å². The Hall–Kier alpha value is -0.0900. The second-order valence-electron chi connectivity index (χ2n) is 8.88. The fourth-order valence-corrected chi connectivity index (χ4v) is 4.25. The Kier molecular flexibility index (Phi) is 10.6. The van der Waals surface area contributed by atoms with Crippen molar-refractivity contribution in [2.75, 3.05) is 21.1 Å². The lowest BCUT2D eigenvalue weighted by molar-refractivity contribution is -0.897. The van der Waals surface area contributed by atoms with Crippen LogP contribution < -0.4 is 24.0 Å². The number of hydrogen-bond donors (Lipinski definition) is 0. The second kappa shape index (κ2) is 11.6. The van der Waals surface area contributed by atoms with Crippen molar-refractivity contribution in [3.63, 3.8) is 0 Å². The number of benzene rings is 1. The van der Waals surface area contributed by atoms with Gasteiger partial charge in [0.1, 0.15) is 0 Å². The quantitative estimate of drug-likeness (QED) is 0.303. The van der Waals surface area contributed by atoms with Crippen LogP contribution in [0.5, 0.6) is 0 Å². The number of hydrogen-bond acceptors (Lipinski definition) is 0. The minimum Gasteiger partial charge on any atom is -1.00 e. The van der Waals surface area contributed by atoms with Crippen LogP contribution in [0, 0.1) is 0 Å². The molecule has 0 N–H and O–H groups in total. The van der Waals surface area contributed by atoms with Gasteiger partial charge in [0.25, 0.3) is 0 Å². The maximum Gasteiger partial charge on any atom is 0.0884 e. The standard InChI is InChI=1S/C23H40N.HI/c1-5-6-7-8-9-10-11-20-12-14-21(15-13-20)22-16-18-23(19-17-22)24(2,3)4;/h12-15,22-23H,5-11,16-19H2,1-4H3;1H/q+1;/p-1. The summed E-state index contributed by atoms with van der Waals surface area (Å²) in [5.41, 5.74) is 3.12. The van der Waals surface area contributed by atoms with E-state index >= 15 is 0 Å². The molecule has 0 heterocycles. The first-order valence-electron chi connectivity index (χ1n) is 10.4. The van der Waals surface area contributed by atoms with Crippen molar-refractivity contribution >= 4 is 0 Å². The van der Waals surface area contributed by atoms with Gasteiger partial charge in [0.15, 0.2) is 0 Å². The van der Waals surface area contributed by atoms with Gasteiger partial charge in [0, 0.05) is 0 Å². The predicted octanol–water partition coefficient (Wildman–Crippen LogP) is 3.33. The van der Waals surface area contributed by atoms with Crippen molar-refractivity contribution in [3.05, 3.63) is 35.4 Å². The highest BCUT2D eigenvalue weighted by atomic mass is 127. The van der Waals surface area contributed by atoms with Crippen LogP contribution in [0.3, 0.4) is 0 Å². The van der Waals surface area contributed by atoms with E-state index in [1.165, 1.54) is 76.2 Å². The zero-order valence-electron chi connectivity index (χ0n) is 17.1. The van der Waals surface area contributed by atoms with Crippen LogP contribution in [0.15, 0.2) is 24.3 Å². The Labute approximate surface area is 174 Å². The molecule has 0 saturated heterocycles. The molecule has 0 radical (unpaired) electrons. The van der Waals surface area contributed by atoms with Gasteiger partial charge in [-0.2, -0.15) is 0 Å². The topological polar surface area (TPSA) is 0 Å². The highest BCUT2D eigenvalue weighted by molar-refractivity contribution is 5.26. The SMILES string of the molecule is CCCCCCCCc1ccc(C2CCC([N+](C)(C)C)CC2)cc1.[I-]. The van der Waals surface area contributed by atoms with Crippen molar-refractivity contribution in [1.29, 1.82) is 0 Å². The van der Waals surface area contributed by atoms with Gasteiger partial charge in [0.05, 0.1) is 27.2 Å². The van der Waals surface area contributed by atoms with Gasteiger partial charge < -0.3 is 28.5 Å². The molecule has 0 aromatic heterocycles. The fourth-order valence-electron chi connectivity index (χ4n) is 4.25. The monoisotopic (exact) mass is 457 g/mol. The van der Waals surface area contributed by atoms with Gasteiger partial charge in [0.2, 0.25) is 0 Å². The predicted molar refractivity (Wildman–Crippen MR) is 107 cm³/mol. The summed E-state index contributed by atoms with van der Waals surface area (Å²) >= 11 is 0. The summed E-state index contributed by atoms with van der Waals surface area (Å²) in [6.07, 6.45) is 15.1. The maximum absolute atomic E-state index is 2.42. The van der Waals surface area contributed by atoms with Crippen molar-refractivity contribution in [3.8, 4) is 0 Å². The van der Waals surface area contributed by atoms with E-state index in [0.717, 1.165) is 16.4 Å². The number of aryl methyl sites for hydroxylation is 1. The number of halogens is 1. The lowest BCUT2D eigenvalue weighted by Crippen LogP contribution is -3.00. The molecule has 1 aliphatic rings. The molecule has 1 saturated carbocycles. The molecule has 0 aliphatic heterocycles. The molecule has 0 atom stereocenters. The van der Waals surface area contributed by atoms with E-state index in [2.05, 4.69) is 52.3 Å². The van der Waals surface area contributed by atoms with E-state index in [-0.39, 0.29) is 24.0 Å². The van der Waals surface area contributed by atoms with Crippen molar-refractivity contribution in [1.82, 2.24) is 0 Å². The molecule has 1 nitrogen and oxygen atoms in total. The molecule has 1 aromatic rings. The second-order valence-corrected chi connectivity index (χ2v) is 8.88. The van der Waals surface area contributed by atoms with Crippen LogP contribution in [0.25, 0.3) is 0 Å². The van der Waals surface area contributed by atoms with Crippen molar-refractivity contribution in [2.24, 2.45) is 0 Å². The lowest BCUT2D eigenvalue weighted by Gasteiger charge is -2.39. The van der Waals surface area contributed by atoms with Crippen molar-refractivity contribution in [2.45, 2.75) is 89.5 Å². The molecular weight excluding hydrogens is 417 g/mol. The first-order chi connectivity index (χ1) is 11.5. The summed E-state index contributed by atoms with van der Waals surface area (Å²) in [5, 5.41) is 0. The Balaban J connectivity index is 0.00000312. The van der Waals surface area contributed by atoms with Crippen LogP contribution in [0.4, 0.5) is 0 Å². The van der Waals surface area contributed by atoms with Crippen LogP contribution in [0.1, 0.15) is 88.2 Å². The molecule has 25 heavy (non-hydrogen) atoms. The average molecular weight is 457 g/mol. The van der Waals surface area contributed by atoms with E-state index in [1.54, 1.807) is 5.56 Å².